The SMILES string of the molecule is Cc1cnc2cc(C(=O)N3CCc4c(nn(C)c4-c4cc(F)c(F)c(F)c4)C3)ccc2n1. The third-order valence-corrected chi connectivity index (χ3v) is 5.65. The average molecular weight is 437 g/mol. The van der Waals surface area contributed by atoms with E-state index in [1.54, 1.807) is 36.3 Å². The Balaban J connectivity index is 1.45. The molecule has 0 N–H and O–H groups in total. The molecule has 2 aromatic heterocycles. The second-order valence-electron chi connectivity index (χ2n) is 7.84. The van der Waals surface area contributed by atoms with Crippen molar-refractivity contribution in [3.05, 3.63) is 76.5 Å². The summed E-state index contributed by atoms with van der Waals surface area (Å²) in [7, 11) is 1.66. The van der Waals surface area contributed by atoms with Crippen LogP contribution in [0.5, 0.6) is 0 Å². The Morgan fingerprint density at radius 3 is 2.56 bits per heavy atom. The number of aryl methyl sites for hydroxylation is 2. The predicted molar refractivity (Wildman–Crippen MR) is 111 cm³/mol. The van der Waals surface area contributed by atoms with Crippen molar-refractivity contribution in [2.45, 2.75) is 19.9 Å². The Morgan fingerprint density at radius 1 is 1.06 bits per heavy atom. The first-order valence-corrected chi connectivity index (χ1v) is 10.0. The number of halogens is 3. The number of carbonyl (C=O) groups is 1. The standard InChI is InChI=1S/C23H18F3N5O/c1-12-10-27-19-9-13(3-4-18(19)28-12)23(32)31-6-5-15-20(11-31)29-30(2)22(15)14-7-16(24)21(26)17(25)8-14/h3-4,7-10H,5-6,11H2,1-2H3. The fraction of sp³-hybridized carbons (Fsp3) is 0.217. The van der Waals surface area contributed by atoms with Crippen molar-refractivity contribution >= 4 is 16.9 Å². The molecule has 0 aliphatic carbocycles. The molecule has 0 fully saturated rings. The van der Waals surface area contributed by atoms with E-state index in [0.29, 0.717) is 35.4 Å². The van der Waals surface area contributed by atoms with Gasteiger partial charge in [-0.1, -0.05) is 0 Å². The van der Waals surface area contributed by atoms with Crippen molar-refractivity contribution in [1.82, 2.24) is 24.6 Å². The Labute approximate surface area is 181 Å². The molecule has 1 aliphatic heterocycles. The zero-order chi connectivity index (χ0) is 22.6. The predicted octanol–water partition coefficient (Wildman–Crippen LogP) is 3.95. The number of benzene rings is 2. The van der Waals surface area contributed by atoms with Crippen LogP contribution in [0.2, 0.25) is 0 Å². The molecule has 32 heavy (non-hydrogen) atoms. The van der Waals surface area contributed by atoms with E-state index in [1.807, 2.05) is 6.92 Å². The number of carbonyl (C=O) groups excluding carboxylic acids is 1. The summed E-state index contributed by atoms with van der Waals surface area (Å²) < 4.78 is 42.5. The van der Waals surface area contributed by atoms with Gasteiger partial charge < -0.3 is 4.90 Å². The van der Waals surface area contributed by atoms with Crippen molar-refractivity contribution < 1.29 is 18.0 Å². The number of rotatable bonds is 2. The molecule has 1 aliphatic rings. The number of fused-ring (bicyclic) bond motifs is 2. The fourth-order valence-electron chi connectivity index (χ4n) is 4.17. The highest BCUT2D eigenvalue weighted by atomic mass is 19.2. The van der Waals surface area contributed by atoms with Crippen LogP contribution in [0.15, 0.2) is 36.5 Å². The van der Waals surface area contributed by atoms with Crippen LogP contribution in [0.4, 0.5) is 13.2 Å². The highest BCUT2D eigenvalue weighted by Crippen LogP contribution is 2.32. The molecule has 2 aromatic carbocycles. The molecule has 4 aromatic rings. The Kier molecular flexibility index (Phi) is 4.69. The maximum Gasteiger partial charge on any atom is 0.254 e. The van der Waals surface area contributed by atoms with E-state index in [-0.39, 0.29) is 18.0 Å². The smallest absolute Gasteiger partial charge is 0.254 e. The normalized spacial score (nSPS) is 13.5. The summed E-state index contributed by atoms with van der Waals surface area (Å²) in [6.07, 6.45) is 2.11. The van der Waals surface area contributed by atoms with Gasteiger partial charge in [-0.2, -0.15) is 5.10 Å². The maximum atomic E-state index is 13.8. The Hall–Kier alpha value is -3.75. The molecule has 0 radical (unpaired) electrons. The topological polar surface area (TPSA) is 63.9 Å². The average Bonchev–Trinajstić information content (AvgIpc) is 3.11. The van der Waals surface area contributed by atoms with Crippen molar-refractivity contribution in [3.8, 4) is 11.3 Å². The molecule has 0 spiro atoms. The summed E-state index contributed by atoms with van der Waals surface area (Å²) >= 11 is 0. The molecule has 0 atom stereocenters. The minimum Gasteiger partial charge on any atom is -0.332 e. The number of nitrogens with zero attached hydrogens (tertiary/aromatic N) is 5. The first-order chi connectivity index (χ1) is 15.3. The van der Waals surface area contributed by atoms with E-state index in [2.05, 4.69) is 15.1 Å². The van der Waals surface area contributed by atoms with E-state index in [1.165, 1.54) is 4.68 Å². The molecule has 162 valence electrons. The van der Waals surface area contributed by atoms with Crippen LogP contribution in [-0.4, -0.2) is 37.1 Å². The lowest BCUT2D eigenvalue weighted by Crippen LogP contribution is -2.36. The van der Waals surface area contributed by atoms with Crippen LogP contribution in [0, 0.1) is 24.4 Å². The van der Waals surface area contributed by atoms with Gasteiger partial charge in [-0.15, -0.1) is 0 Å². The molecular weight excluding hydrogens is 419 g/mol. The number of hydrogen-bond donors (Lipinski definition) is 0. The largest absolute Gasteiger partial charge is 0.332 e. The lowest BCUT2D eigenvalue weighted by atomic mass is 9.99. The molecule has 0 saturated heterocycles. The summed E-state index contributed by atoms with van der Waals surface area (Å²) in [6.45, 7) is 2.52. The fourth-order valence-corrected chi connectivity index (χ4v) is 4.17. The molecule has 0 bridgehead atoms. The van der Waals surface area contributed by atoms with Crippen LogP contribution < -0.4 is 0 Å². The molecule has 0 saturated carbocycles. The summed E-state index contributed by atoms with van der Waals surface area (Å²) in [5.41, 5.74) is 4.81. The Bertz CT molecular complexity index is 1380. The quantitative estimate of drug-likeness (QED) is 0.446. The van der Waals surface area contributed by atoms with Crippen molar-refractivity contribution in [3.63, 3.8) is 0 Å². The first kappa shape index (κ1) is 20.2. The lowest BCUT2D eigenvalue weighted by Gasteiger charge is -2.26. The van der Waals surface area contributed by atoms with Crippen LogP contribution in [-0.2, 0) is 20.0 Å². The zero-order valence-electron chi connectivity index (χ0n) is 17.4. The molecule has 5 rings (SSSR count). The summed E-state index contributed by atoms with van der Waals surface area (Å²) in [5.74, 6) is -4.17. The number of hydrogen-bond acceptors (Lipinski definition) is 4. The molecular formula is C23H18F3N5O. The second-order valence-corrected chi connectivity index (χ2v) is 7.84. The molecule has 1 amide bonds. The van der Waals surface area contributed by atoms with Crippen LogP contribution in [0.3, 0.4) is 0 Å². The second kappa shape index (κ2) is 7.44. The summed E-state index contributed by atoms with van der Waals surface area (Å²) in [6, 6.07) is 7.14. The molecule has 6 nitrogen and oxygen atoms in total. The third kappa shape index (κ3) is 3.30. The van der Waals surface area contributed by atoms with E-state index in [0.717, 1.165) is 28.9 Å². The van der Waals surface area contributed by atoms with Crippen molar-refractivity contribution in [2.75, 3.05) is 6.54 Å². The van der Waals surface area contributed by atoms with Crippen molar-refractivity contribution in [1.29, 1.82) is 0 Å². The molecule has 3 heterocycles. The molecule has 0 unspecified atom stereocenters. The summed E-state index contributed by atoms with van der Waals surface area (Å²) in [4.78, 5) is 23.5. The van der Waals surface area contributed by atoms with Gasteiger partial charge >= 0.3 is 0 Å². The van der Waals surface area contributed by atoms with Gasteiger partial charge in [-0.05, 0) is 43.7 Å². The maximum absolute atomic E-state index is 13.8. The van der Waals surface area contributed by atoms with Gasteiger partial charge in [-0.3, -0.25) is 14.5 Å². The van der Waals surface area contributed by atoms with E-state index in [4.69, 9.17) is 0 Å². The highest BCUT2D eigenvalue weighted by Gasteiger charge is 2.28. The van der Waals surface area contributed by atoms with Gasteiger partial charge in [0.2, 0.25) is 0 Å². The zero-order valence-corrected chi connectivity index (χ0v) is 17.4. The minimum absolute atomic E-state index is 0.161. The van der Waals surface area contributed by atoms with Gasteiger partial charge in [0.05, 0.1) is 34.7 Å². The van der Waals surface area contributed by atoms with Gasteiger partial charge in [0.15, 0.2) is 17.5 Å². The van der Waals surface area contributed by atoms with Gasteiger partial charge in [0, 0.05) is 36.5 Å². The number of aromatic nitrogens is 4. The lowest BCUT2D eigenvalue weighted by molar-refractivity contribution is 0.0732. The summed E-state index contributed by atoms with van der Waals surface area (Å²) in [5, 5.41) is 4.46. The number of amides is 1. The monoisotopic (exact) mass is 437 g/mol. The molecule has 9 heteroatoms. The van der Waals surface area contributed by atoms with Gasteiger partial charge in [0.25, 0.3) is 5.91 Å². The van der Waals surface area contributed by atoms with E-state index in [9.17, 15) is 18.0 Å². The Morgan fingerprint density at radius 2 is 1.81 bits per heavy atom. The van der Waals surface area contributed by atoms with Crippen LogP contribution >= 0.6 is 0 Å². The van der Waals surface area contributed by atoms with Crippen LogP contribution in [0.25, 0.3) is 22.3 Å². The first-order valence-electron chi connectivity index (χ1n) is 10.0. The third-order valence-electron chi connectivity index (χ3n) is 5.65. The van der Waals surface area contributed by atoms with E-state index >= 15 is 0 Å². The van der Waals surface area contributed by atoms with E-state index < -0.39 is 17.5 Å². The van der Waals surface area contributed by atoms with Gasteiger partial charge in [0.1, 0.15) is 0 Å². The minimum atomic E-state index is -1.50. The van der Waals surface area contributed by atoms with Crippen LogP contribution in [0.1, 0.15) is 27.3 Å². The highest BCUT2D eigenvalue weighted by molar-refractivity contribution is 5.97. The van der Waals surface area contributed by atoms with Gasteiger partial charge in [-0.25, -0.2) is 18.2 Å². The van der Waals surface area contributed by atoms with Crippen molar-refractivity contribution in [2.24, 2.45) is 7.05 Å².